The minimum atomic E-state index is -3.69. The van der Waals surface area contributed by atoms with Crippen molar-refractivity contribution in [2.75, 3.05) is 10.5 Å². The predicted molar refractivity (Wildman–Crippen MR) is 83.5 cm³/mol. The van der Waals surface area contributed by atoms with Crippen molar-refractivity contribution in [1.29, 1.82) is 0 Å². The summed E-state index contributed by atoms with van der Waals surface area (Å²) in [7, 11) is -3.69. The summed E-state index contributed by atoms with van der Waals surface area (Å²) >= 11 is 4.53. The molecule has 0 spiro atoms. The molecule has 1 heterocycles. The third kappa shape index (κ3) is 2.82. The first kappa shape index (κ1) is 13.8. The van der Waals surface area contributed by atoms with E-state index in [-0.39, 0.29) is 4.90 Å². The molecule has 1 aromatic carbocycles. The zero-order valence-corrected chi connectivity index (χ0v) is 13.6. The highest BCUT2D eigenvalue weighted by Crippen LogP contribution is 2.41. The first-order valence-corrected chi connectivity index (χ1v) is 9.14. The topological polar surface area (TPSA) is 85.1 Å². The van der Waals surface area contributed by atoms with Gasteiger partial charge in [0, 0.05) is 21.5 Å². The number of sulfonamides is 1. The second kappa shape index (κ2) is 5.01. The van der Waals surface area contributed by atoms with Crippen LogP contribution in [0.25, 0.3) is 0 Å². The molecule has 0 amide bonds. The molecule has 5 nitrogen and oxygen atoms in total. The van der Waals surface area contributed by atoms with Gasteiger partial charge in [-0.25, -0.2) is 13.4 Å². The van der Waals surface area contributed by atoms with E-state index >= 15 is 0 Å². The lowest BCUT2D eigenvalue weighted by Gasteiger charge is -2.08. The molecule has 1 aromatic heterocycles. The molecule has 3 rings (SSSR count). The molecule has 1 saturated carbocycles. The van der Waals surface area contributed by atoms with Gasteiger partial charge in [0.15, 0.2) is 5.13 Å². The molecule has 0 saturated heterocycles. The second-order valence-electron chi connectivity index (χ2n) is 4.65. The summed E-state index contributed by atoms with van der Waals surface area (Å²) in [5.41, 5.74) is 7.01. The minimum Gasteiger partial charge on any atom is -0.399 e. The highest BCUT2D eigenvalue weighted by molar-refractivity contribution is 9.10. The standard InChI is InChI=1S/C12H12BrN3O2S2/c13-9-4-3-8(14)5-11(9)20(17,18)16-12-15-10(6-19-12)7-1-2-7/h3-7H,1-2,14H2,(H,15,16). The molecule has 8 heteroatoms. The number of nitrogens with two attached hydrogens (primary N) is 1. The van der Waals surface area contributed by atoms with Crippen molar-refractivity contribution < 1.29 is 8.42 Å². The number of anilines is 2. The van der Waals surface area contributed by atoms with E-state index in [9.17, 15) is 8.42 Å². The van der Waals surface area contributed by atoms with Crippen molar-refractivity contribution in [2.45, 2.75) is 23.7 Å². The fourth-order valence-corrected chi connectivity index (χ4v) is 4.84. The Bertz CT molecular complexity index is 754. The van der Waals surface area contributed by atoms with E-state index in [1.807, 2.05) is 5.38 Å². The van der Waals surface area contributed by atoms with E-state index in [0.29, 0.717) is 21.2 Å². The smallest absolute Gasteiger partial charge is 0.264 e. The summed E-state index contributed by atoms with van der Waals surface area (Å²) in [4.78, 5) is 4.43. The molecule has 1 fully saturated rings. The number of hydrogen-bond donors (Lipinski definition) is 2. The van der Waals surface area contributed by atoms with Crippen LogP contribution in [0.15, 0.2) is 32.9 Å². The van der Waals surface area contributed by atoms with Crippen molar-refractivity contribution in [3.63, 3.8) is 0 Å². The summed E-state index contributed by atoms with van der Waals surface area (Å²) in [6, 6.07) is 4.67. The Labute approximate surface area is 129 Å². The van der Waals surface area contributed by atoms with Crippen LogP contribution in [0.1, 0.15) is 24.5 Å². The maximum atomic E-state index is 12.3. The minimum absolute atomic E-state index is 0.112. The van der Waals surface area contributed by atoms with Crippen LogP contribution >= 0.6 is 27.3 Å². The third-order valence-corrected chi connectivity index (χ3v) is 6.22. The van der Waals surface area contributed by atoms with Crippen molar-refractivity contribution >= 4 is 48.1 Å². The molecule has 1 aliphatic rings. The lowest BCUT2D eigenvalue weighted by molar-refractivity contribution is 0.600. The molecule has 0 radical (unpaired) electrons. The zero-order chi connectivity index (χ0) is 14.3. The summed E-state index contributed by atoms with van der Waals surface area (Å²) in [5.74, 6) is 0.503. The summed E-state index contributed by atoms with van der Waals surface area (Å²) in [6.45, 7) is 0. The summed E-state index contributed by atoms with van der Waals surface area (Å²) in [6.07, 6.45) is 2.27. The maximum absolute atomic E-state index is 12.3. The quantitative estimate of drug-likeness (QED) is 0.805. The number of hydrogen-bond acceptors (Lipinski definition) is 5. The first-order chi connectivity index (χ1) is 9.45. The summed E-state index contributed by atoms with van der Waals surface area (Å²) < 4.78 is 27.6. The van der Waals surface area contributed by atoms with E-state index in [1.165, 1.54) is 17.4 Å². The molecule has 0 atom stereocenters. The number of nitrogens with zero attached hydrogens (tertiary/aromatic N) is 1. The van der Waals surface area contributed by atoms with Crippen molar-refractivity contribution in [3.8, 4) is 0 Å². The van der Waals surface area contributed by atoms with Gasteiger partial charge >= 0.3 is 0 Å². The molecule has 106 valence electrons. The van der Waals surface area contributed by atoms with Gasteiger partial charge in [-0.15, -0.1) is 11.3 Å². The lowest BCUT2D eigenvalue weighted by atomic mass is 10.3. The number of halogens is 1. The monoisotopic (exact) mass is 373 g/mol. The van der Waals surface area contributed by atoms with E-state index < -0.39 is 10.0 Å². The van der Waals surface area contributed by atoms with Crippen LogP contribution in [0.4, 0.5) is 10.8 Å². The van der Waals surface area contributed by atoms with E-state index in [1.54, 1.807) is 12.1 Å². The Morgan fingerprint density at radius 2 is 2.15 bits per heavy atom. The Morgan fingerprint density at radius 1 is 1.40 bits per heavy atom. The Hall–Kier alpha value is -1.12. The van der Waals surface area contributed by atoms with Crippen LogP contribution in [0.3, 0.4) is 0 Å². The Balaban J connectivity index is 1.89. The van der Waals surface area contributed by atoms with Crippen LogP contribution in [0.2, 0.25) is 0 Å². The van der Waals surface area contributed by atoms with Gasteiger partial charge < -0.3 is 5.73 Å². The van der Waals surface area contributed by atoms with Gasteiger partial charge in [0.2, 0.25) is 0 Å². The molecule has 20 heavy (non-hydrogen) atoms. The molecule has 0 bridgehead atoms. The van der Waals surface area contributed by atoms with Gasteiger partial charge in [0.25, 0.3) is 10.0 Å². The molecular formula is C12H12BrN3O2S2. The maximum Gasteiger partial charge on any atom is 0.264 e. The first-order valence-electron chi connectivity index (χ1n) is 5.99. The number of aromatic nitrogens is 1. The van der Waals surface area contributed by atoms with Gasteiger partial charge in [0.05, 0.1) is 5.69 Å². The molecule has 3 N–H and O–H groups in total. The van der Waals surface area contributed by atoms with Crippen molar-refractivity contribution in [1.82, 2.24) is 4.98 Å². The second-order valence-corrected chi connectivity index (χ2v) is 8.01. The number of benzene rings is 1. The molecule has 2 aromatic rings. The molecular weight excluding hydrogens is 362 g/mol. The largest absolute Gasteiger partial charge is 0.399 e. The number of rotatable bonds is 4. The lowest BCUT2D eigenvalue weighted by Crippen LogP contribution is -2.13. The normalized spacial score (nSPS) is 15.2. The number of thiazole rings is 1. The number of nitrogen functional groups attached to an aromatic ring is 1. The van der Waals surface area contributed by atoms with Gasteiger partial charge in [-0.3, -0.25) is 4.72 Å². The van der Waals surface area contributed by atoms with Crippen LogP contribution in [-0.4, -0.2) is 13.4 Å². The van der Waals surface area contributed by atoms with Crippen molar-refractivity contribution in [2.24, 2.45) is 0 Å². The van der Waals surface area contributed by atoms with E-state index in [2.05, 4.69) is 25.6 Å². The highest BCUT2D eigenvalue weighted by Gasteiger charge is 2.27. The van der Waals surface area contributed by atoms with Gasteiger partial charge in [-0.05, 0) is 47.0 Å². The number of nitrogens with one attached hydrogen (secondary N) is 1. The van der Waals surface area contributed by atoms with Gasteiger partial charge in [-0.2, -0.15) is 0 Å². The average molecular weight is 374 g/mol. The van der Waals surface area contributed by atoms with Crippen LogP contribution in [0, 0.1) is 0 Å². The van der Waals surface area contributed by atoms with Crippen molar-refractivity contribution in [3.05, 3.63) is 33.7 Å². The van der Waals surface area contributed by atoms with Gasteiger partial charge in [-0.1, -0.05) is 0 Å². The van der Waals surface area contributed by atoms with Crippen LogP contribution in [0.5, 0.6) is 0 Å². The van der Waals surface area contributed by atoms with E-state index in [4.69, 9.17) is 5.73 Å². The van der Waals surface area contributed by atoms with Crippen LogP contribution in [-0.2, 0) is 10.0 Å². The fourth-order valence-electron chi connectivity index (χ4n) is 1.80. The average Bonchev–Trinajstić information content (AvgIpc) is 3.13. The molecule has 1 aliphatic carbocycles. The molecule has 0 unspecified atom stereocenters. The summed E-state index contributed by atoms with van der Waals surface area (Å²) in [5, 5.41) is 2.30. The third-order valence-electron chi connectivity index (χ3n) is 2.98. The Kier molecular flexibility index (Phi) is 3.47. The fraction of sp³-hybridized carbons (Fsp3) is 0.250. The Morgan fingerprint density at radius 3 is 2.85 bits per heavy atom. The zero-order valence-electron chi connectivity index (χ0n) is 10.3. The highest BCUT2D eigenvalue weighted by atomic mass is 79.9. The van der Waals surface area contributed by atoms with E-state index in [0.717, 1.165) is 18.5 Å². The van der Waals surface area contributed by atoms with Crippen LogP contribution < -0.4 is 10.5 Å². The SMILES string of the molecule is Nc1ccc(Br)c(S(=O)(=O)Nc2nc(C3CC3)cs2)c1. The van der Waals surface area contributed by atoms with Gasteiger partial charge in [0.1, 0.15) is 4.90 Å². The molecule has 0 aliphatic heterocycles. The predicted octanol–water partition coefficient (Wildman–Crippen LogP) is 3.17.